The number of rotatable bonds is 6. The lowest BCUT2D eigenvalue weighted by molar-refractivity contribution is -0.128. The Balaban J connectivity index is 2.07. The highest BCUT2D eigenvalue weighted by atomic mass is 28.4. The molecule has 0 unspecified atom stereocenters. The average Bonchev–Trinajstić information content (AvgIpc) is 3.22. The lowest BCUT2D eigenvalue weighted by atomic mass is 9.83. The molecule has 1 aliphatic heterocycles. The van der Waals surface area contributed by atoms with E-state index in [1.165, 1.54) is 0 Å². The zero-order chi connectivity index (χ0) is 14.1. The van der Waals surface area contributed by atoms with E-state index in [0.29, 0.717) is 6.61 Å². The maximum atomic E-state index is 10.4. The van der Waals surface area contributed by atoms with Crippen molar-refractivity contribution in [1.29, 1.82) is 0 Å². The third-order valence-electron chi connectivity index (χ3n) is 5.19. The summed E-state index contributed by atoms with van der Waals surface area (Å²) in [5, 5.41) is 10.4. The van der Waals surface area contributed by atoms with E-state index in [9.17, 15) is 5.11 Å². The molecule has 1 N–H and O–H groups in total. The van der Waals surface area contributed by atoms with Crippen molar-refractivity contribution in [3.05, 3.63) is 0 Å². The number of hydrogen-bond acceptors (Lipinski definition) is 4. The second-order valence-electron chi connectivity index (χ2n) is 5.94. The predicted molar refractivity (Wildman–Crippen MR) is 76.8 cm³/mol. The Hall–Kier alpha value is 0.0569. The van der Waals surface area contributed by atoms with E-state index in [1.807, 2.05) is 0 Å². The highest BCUT2D eigenvalue weighted by molar-refractivity contribution is 6.73. The summed E-state index contributed by atoms with van der Waals surface area (Å²) >= 11 is 0. The minimum Gasteiger partial charge on any atom is -0.411 e. The molecular formula is C14H28O4Si. The fourth-order valence-electron chi connectivity index (χ4n) is 3.34. The first kappa shape index (κ1) is 15.4. The van der Waals surface area contributed by atoms with Crippen LogP contribution in [0.3, 0.4) is 0 Å². The largest absolute Gasteiger partial charge is 0.411 e. The topological polar surface area (TPSA) is 51.2 Å². The minimum absolute atomic E-state index is 0.0290. The van der Waals surface area contributed by atoms with E-state index in [2.05, 4.69) is 20.8 Å². The van der Waals surface area contributed by atoms with Crippen LogP contribution in [0.2, 0.25) is 18.1 Å². The smallest absolute Gasteiger partial charge is 0.192 e. The van der Waals surface area contributed by atoms with Gasteiger partial charge in [0.25, 0.3) is 0 Å². The van der Waals surface area contributed by atoms with Crippen LogP contribution < -0.4 is 0 Å². The van der Waals surface area contributed by atoms with Gasteiger partial charge in [-0.1, -0.05) is 20.8 Å². The summed E-state index contributed by atoms with van der Waals surface area (Å²) in [5.41, 5.74) is -0.324. The lowest BCUT2D eigenvalue weighted by Gasteiger charge is -2.42. The molecule has 1 saturated heterocycles. The van der Waals surface area contributed by atoms with E-state index in [4.69, 9.17) is 13.9 Å². The van der Waals surface area contributed by atoms with Gasteiger partial charge >= 0.3 is 0 Å². The quantitative estimate of drug-likeness (QED) is 0.602. The van der Waals surface area contributed by atoms with E-state index in [-0.39, 0.29) is 17.8 Å². The molecule has 2 aliphatic rings. The molecule has 1 spiro atoms. The molecule has 2 fully saturated rings. The first-order valence-corrected chi connectivity index (χ1v) is 10.1. The second kappa shape index (κ2) is 5.82. The van der Waals surface area contributed by atoms with Crippen molar-refractivity contribution in [2.45, 2.75) is 75.7 Å². The summed E-state index contributed by atoms with van der Waals surface area (Å²) < 4.78 is 17.5. The van der Waals surface area contributed by atoms with Crippen LogP contribution in [0.5, 0.6) is 0 Å². The molecule has 0 bridgehead atoms. The van der Waals surface area contributed by atoms with E-state index < -0.39 is 14.4 Å². The molecule has 0 aromatic rings. The van der Waals surface area contributed by atoms with Crippen molar-refractivity contribution in [2.24, 2.45) is 0 Å². The second-order valence-corrected chi connectivity index (χ2v) is 10.7. The van der Waals surface area contributed by atoms with Crippen molar-refractivity contribution in [1.82, 2.24) is 0 Å². The number of aliphatic hydroxyl groups is 1. The van der Waals surface area contributed by atoms with Crippen LogP contribution in [0.15, 0.2) is 0 Å². The molecule has 19 heavy (non-hydrogen) atoms. The van der Waals surface area contributed by atoms with Crippen LogP contribution in [0.4, 0.5) is 0 Å². The van der Waals surface area contributed by atoms with Gasteiger partial charge < -0.3 is 19.0 Å². The highest BCUT2D eigenvalue weighted by Crippen LogP contribution is 2.44. The van der Waals surface area contributed by atoms with Gasteiger partial charge in [-0.3, -0.25) is 0 Å². The van der Waals surface area contributed by atoms with Crippen LogP contribution in [0, 0.1) is 0 Å². The third-order valence-corrected chi connectivity index (χ3v) is 9.86. The summed E-state index contributed by atoms with van der Waals surface area (Å²) in [6.07, 6.45) is 1.06. The Morgan fingerprint density at radius 2 is 1.84 bits per heavy atom. The van der Waals surface area contributed by atoms with Crippen molar-refractivity contribution in [3.63, 3.8) is 0 Å². The average molecular weight is 288 g/mol. The van der Waals surface area contributed by atoms with E-state index in [1.54, 1.807) is 7.11 Å². The van der Waals surface area contributed by atoms with Gasteiger partial charge in [0.15, 0.2) is 8.32 Å². The molecule has 1 heterocycles. The fraction of sp³-hybridized carbons (Fsp3) is 1.00. The number of ether oxygens (including phenoxy) is 2. The monoisotopic (exact) mass is 288 g/mol. The van der Waals surface area contributed by atoms with Gasteiger partial charge in [-0.2, -0.15) is 0 Å². The molecule has 4 atom stereocenters. The van der Waals surface area contributed by atoms with Gasteiger partial charge in [0, 0.05) is 7.11 Å². The molecule has 0 aromatic heterocycles. The molecule has 112 valence electrons. The molecule has 2 rings (SSSR count). The molecule has 4 nitrogen and oxygen atoms in total. The molecule has 1 aliphatic carbocycles. The van der Waals surface area contributed by atoms with Crippen molar-refractivity contribution >= 4 is 8.32 Å². The van der Waals surface area contributed by atoms with E-state index >= 15 is 0 Å². The van der Waals surface area contributed by atoms with Gasteiger partial charge in [-0.15, -0.1) is 0 Å². The predicted octanol–water partition coefficient (Wildman–Crippen LogP) is 2.32. The Labute approximate surface area is 117 Å². The Morgan fingerprint density at radius 3 is 2.26 bits per heavy atom. The standard InChI is InChI=1S/C14H28O4Si/c1-5-19(6-2,7-3)18-11-8-9-14(10-17-14)13(15)12(11)16-4/h11-13,15H,5-10H2,1-4H3/t11-,12-,13+,14-/m1/s1. The van der Waals surface area contributed by atoms with Crippen LogP contribution in [-0.2, 0) is 13.9 Å². The molecule has 0 radical (unpaired) electrons. The van der Waals surface area contributed by atoms with E-state index in [0.717, 1.165) is 31.0 Å². The van der Waals surface area contributed by atoms with Crippen LogP contribution in [0.1, 0.15) is 33.6 Å². The van der Waals surface area contributed by atoms with Gasteiger partial charge in [0.05, 0.1) is 12.7 Å². The normalized spacial score (nSPS) is 38.7. The zero-order valence-corrected chi connectivity index (χ0v) is 13.6. The summed E-state index contributed by atoms with van der Waals surface area (Å²) in [4.78, 5) is 0. The van der Waals surface area contributed by atoms with Crippen LogP contribution >= 0.6 is 0 Å². The number of aliphatic hydroxyl groups excluding tert-OH is 1. The summed E-state index contributed by atoms with van der Waals surface area (Å²) in [5.74, 6) is 0. The van der Waals surface area contributed by atoms with Gasteiger partial charge in [0.2, 0.25) is 0 Å². The molecule has 0 amide bonds. The lowest BCUT2D eigenvalue weighted by Crippen LogP contribution is -2.56. The molecule has 1 saturated carbocycles. The number of hydrogen-bond donors (Lipinski definition) is 1. The van der Waals surface area contributed by atoms with Crippen molar-refractivity contribution in [2.75, 3.05) is 13.7 Å². The van der Waals surface area contributed by atoms with Crippen LogP contribution in [-0.4, -0.2) is 51.1 Å². The van der Waals surface area contributed by atoms with Gasteiger partial charge in [0.1, 0.15) is 17.8 Å². The number of epoxide rings is 1. The summed E-state index contributed by atoms with van der Waals surface area (Å²) in [6.45, 7) is 7.35. The summed E-state index contributed by atoms with van der Waals surface area (Å²) in [6, 6.07) is 3.39. The minimum atomic E-state index is -1.65. The first-order chi connectivity index (χ1) is 9.06. The first-order valence-electron chi connectivity index (χ1n) is 7.59. The third kappa shape index (κ3) is 2.76. The van der Waals surface area contributed by atoms with Gasteiger partial charge in [-0.05, 0) is 31.0 Å². The van der Waals surface area contributed by atoms with Crippen molar-refractivity contribution < 1.29 is 19.0 Å². The maximum Gasteiger partial charge on any atom is 0.192 e. The molecule has 0 aromatic carbocycles. The Kier molecular flexibility index (Phi) is 4.73. The Morgan fingerprint density at radius 1 is 1.26 bits per heavy atom. The van der Waals surface area contributed by atoms with Crippen molar-refractivity contribution in [3.8, 4) is 0 Å². The highest BCUT2D eigenvalue weighted by Gasteiger charge is 2.59. The van der Waals surface area contributed by atoms with Crippen LogP contribution in [0.25, 0.3) is 0 Å². The number of methoxy groups -OCH3 is 1. The SMILES string of the molecule is CC[Si](CC)(CC)O[C@@H]1CC[C@@]2(CO2)[C@@H](O)[C@@H]1OC. The molecular weight excluding hydrogens is 260 g/mol. The Bertz CT molecular complexity index is 294. The molecule has 5 heteroatoms. The summed E-state index contributed by atoms with van der Waals surface area (Å²) in [7, 11) is 0.0151. The van der Waals surface area contributed by atoms with Gasteiger partial charge in [-0.25, -0.2) is 0 Å². The fourth-order valence-corrected chi connectivity index (χ4v) is 6.23. The maximum absolute atomic E-state index is 10.4. The zero-order valence-electron chi connectivity index (χ0n) is 12.6.